The molecule has 4 heteroatoms. The number of nitrogens with two attached hydrogens (primary N) is 1. The Morgan fingerprint density at radius 1 is 1.17 bits per heavy atom. The molecular formula is C14H20BrN3. The van der Waals surface area contributed by atoms with E-state index in [2.05, 4.69) is 25.8 Å². The number of hydrogen-bond donors (Lipinski definition) is 1. The third-order valence-corrected chi connectivity index (χ3v) is 5.09. The molecule has 0 spiro atoms. The Morgan fingerprint density at radius 2 is 1.94 bits per heavy atom. The molecule has 0 bridgehead atoms. The van der Waals surface area contributed by atoms with Gasteiger partial charge in [-0.05, 0) is 40.6 Å². The SMILES string of the molecule is Nc1cncc(Br)c1N1CCC2CCCCC2C1. The summed E-state index contributed by atoms with van der Waals surface area (Å²) in [4.78, 5) is 6.57. The highest BCUT2D eigenvalue weighted by Crippen LogP contribution is 2.40. The summed E-state index contributed by atoms with van der Waals surface area (Å²) in [6.07, 6.45) is 10.6. The van der Waals surface area contributed by atoms with Crippen molar-refractivity contribution in [2.75, 3.05) is 23.7 Å². The van der Waals surface area contributed by atoms with Crippen molar-refractivity contribution in [3.05, 3.63) is 16.9 Å². The molecule has 1 aliphatic heterocycles. The zero-order valence-corrected chi connectivity index (χ0v) is 12.2. The number of nitrogen functional groups attached to an aromatic ring is 1. The lowest BCUT2D eigenvalue weighted by Gasteiger charge is -2.42. The Balaban J connectivity index is 1.81. The van der Waals surface area contributed by atoms with Crippen LogP contribution in [0.4, 0.5) is 11.4 Å². The second kappa shape index (κ2) is 5.08. The van der Waals surface area contributed by atoms with E-state index in [0.717, 1.165) is 40.8 Å². The smallest absolute Gasteiger partial charge is 0.0776 e. The quantitative estimate of drug-likeness (QED) is 0.864. The Kier molecular flexibility index (Phi) is 3.46. The number of hydrogen-bond acceptors (Lipinski definition) is 3. The molecule has 1 aromatic heterocycles. The molecule has 2 fully saturated rings. The van der Waals surface area contributed by atoms with E-state index in [1.165, 1.54) is 32.1 Å². The van der Waals surface area contributed by atoms with Crippen LogP contribution in [0.1, 0.15) is 32.1 Å². The van der Waals surface area contributed by atoms with Gasteiger partial charge in [-0.15, -0.1) is 0 Å². The summed E-state index contributed by atoms with van der Waals surface area (Å²) in [6.45, 7) is 2.30. The zero-order valence-electron chi connectivity index (χ0n) is 10.6. The van der Waals surface area contributed by atoms with Crippen molar-refractivity contribution < 1.29 is 0 Å². The van der Waals surface area contributed by atoms with Crippen LogP contribution in [0.15, 0.2) is 16.9 Å². The Morgan fingerprint density at radius 3 is 2.72 bits per heavy atom. The molecule has 1 aliphatic carbocycles. The molecule has 1 aromatic rings. The van der Waals surface area contributed by atoms with Crippen LogP contribution in [0.5, 0.6) is 0 Å². The zero-order chi connectivity index (χ0) is 12.5. The van der Waals surface area contributed by atoms with Crippen molar-refractivity contribution in [1.29, 1.82) is 0 Å². The van der Waals surface area contributed by atoms with E-state index in [-0.39, 0.29) is 0 Å². The molecule has 3 rings (SSSR count). The van der Waals surface area contributed by atoms with E-state index in [4.69, 9.17) is 5.73 Å². The topological polar surface area (TPSA) is 42.1 Å². The van der Waals surface area contributed by atoms with E-state index < -0.39 is 0 Å². The Hall–Kier alpha value is -0.770. The lowest BCUT2D eigenvalue weighted by atomic mass is 9.75. The number of rotatable bonds is 1. The largest absolute Gasteiger partial charge is 0.396 e. The van der Waals surface area contributed by atoms with Crippen molar-refractivity contribution in [2.45, 2.75) is 32.1 Å². The maximum atomic E-state index is 6.09. The molecule has 3 nitrogen and oxygen atoms in total. The lowest BCUT2D eigenvalue weighted by Crippen LogP contribution is -2.42. The molecule has 2 atom stereocenters. The minimum atomic E-state index is 0.790. The summed E-state index contributed by atoms with van der Waals surface area (Å²) >= 11 is 3.59. The summed E-state index contributed by atoms with van der Waals surface area (Å²) in [7, 11) is 0. The van der Waals surface area contributed by atoms with E-state index >= 15 is 0 Å². The van der Waals surface area contributed by atoms with Crippen molar-refractivity contribution >= 4 is 27.3 Å². The Bertz CT molecular complexity index is 415. The molecular weight excluding hydrogens is 290 g/mol. The van der Waals surface area contributed by atoms with Crippen LogP contribution in [0.2, 0.25) is 0 Å². The van der Waals surface area contributed by atoms with Gasteiger partial charge in [0.15, 0.2) is 0 Å². The predicted octanol–water partition coefficient (Wildman–Crippen LogP) is 3.44. The molecule has 0 radical (unpaired) electrons. The van der Waals surface area contributed by atoms with E-state index in [0.29, 0.717) is 0 Å². The van der Waals surface area contributed by atoms with Crippen LogP contribution in [0.25, 0.3) is 0 Å². The molecule has 98 valence electrons. The first-order chi connectivity index (χ1) is 8.75. The summed E-state index contributed by atoms with van der Waals surface area (Å²) in [5, 5.41) is 0. The van der Waals surface area contributed by atoms with Crippen molar-refractivity contribution in [3.8, 4) is 0 Å². The highest BCUT2D eigenvalue weighted by molar-refractivity contribution is 9.10. The monoisotopic (exact) mass is 309 g/mol. The summed E-state index contributed by atoms with van der Waals surface area (Å²) < 4.78 is 1.02. The molecule has 2 unspecified atom stereocenters. The first kappa shape index (κ1) is 12.3. The number of fused-ring (bicyclic) bond motifs is 1. The minimum absolute atomic E-state index is 0.790. The molecule has 2 aliphatic rings. The maximum Gasteiger partial charge on any atom is 0.0776 e. The van der Waals surface area contributed by atoms with Gasteiger partial charge in [-0.3, -0.25) is 4.98 Å². The van der Waals surface area contributed by atoms with Crippen LogP contribution in [-0.4, -0.2) is 18.1 Å². The average molecular weight is 310 g/mol. The van der Waals surface area contributed by atoms with Crippen LogP contribution in [0, 0.1) is 11.8 Å². The fraction of sp³-hybridized carbons (Fsp3) is 0.643. The van der Waals surface area contributed by atoms with E-state index in [1.54, 1.807) is 6.20 Å². The normalized spacial score (nSPS) is 27.9. The second-order valence-electron chi connectivity index (χ2n) is 5.60. The predicted molar refractivity (Wildman–Crippen MR) is 78.6 cm³/mol. The summed E-state index contributed by atoms with van der Waals surface area (Å²) in [5.41, 5.74) is 8.02. The first-order valence-corrected chi connectivity index (χ1v) is 7.69. The van der Waals surface area contributed by atoms with Gasteiger partial charge in [-0.2, -0.15) is 0 Å². The number of nitrogens with zero attached hydrogens (tertiary/aromatic N) is 2. The van der Waals surface area contributed by atoms with Gasteiger partial charge in [0.25, 0.3) is 0 Å². The molecule has 1 saturated heterocycles. The second-order valence-corrected chi connectivity index (χ2v) is 6.45. The van der Waals surface area contributed by atoms with Crippen molar-refractivity contribution in [2.24, 2.45) is 11.8 Å². The van der Waals surface area contributed by atoms with Gasteiger partial charge in [-0.1, -0.05) is 19.3 Å². The third kappa shape index (κ3) is 2.22. The van der Waals surface area contributed by atoms with E-state index in [9.17, 15) is 0 Å². The fourth-order valence-electron chi connectivity index (χ4n) is 3.58. The number of aromatic nitrogens is 1. The first-order valence-electron chi connectivity index (χ1n) is 6.89. The summed E-state index contributed by atoms with van der Waals surface area (Å²) in [6, 6.07) is 0. The molecule has 1 saturated carbocycles. The van der Waals surface area contributed by atoms with Gasteiger partial charge >= 0.3 is 0 Å². The van der Waals surface area contributed by atoms with Gasteiger partial charge in [0.1, 0.15) is 0 Å². The highest BCUT2D eigenvalue weighted by Gasteiger charge is 2.32. The van der Waals surface area contributed by atoms with Crippen LogP contribution in [-0.2, 0) is 0 Å². The molecule has 2 N–H and O–H groups in total. The lowest BCUT2D eigenvalue weighted by molar-refractivity contribution is 0.202. The van der Waals surface area contributed by atoms with Crippen LogP contribution < -0.4 is 10.6 Å². The number of piperidine rings is 1. The van der Waals surface area contributed by atoms with Gasteiger partial charge in [-0.25, -0.2) is 0 Å². The fourth-order valence-corrected chi connectivity index (χ4v) is 4.18. The van der Waals surface area contributed by atoms with Gasteiger partial charge in [0, 0.05) is 19.3 Å². The van der Waals surface area contributed by atoms with Gasteiger partial charge in [0.2, 0.25) is 0 Å². The number of anilines is 2. The summed E-state index contributed by atoms with van der Waals surface area (Å²) in [5.74, 6) is 1.82. The van der Waals surface area contributed by atoms with Crippen molar-refractivity contribution in [1.82, 2.24) is 4.98 Å². The van der Waals surface area contributed by atoms with Crippen molar-refractivity contribution in [3.63, 3.8) is 0 Å². The maximum absolute atomic E-state index is 6.09. The minimum Gasteiger partial charge on any atom is -0.396 e. The number of pyridine rings is 1. The number of halogens is 1. The van der Waals surface area contributed by atoms with Crippen LogP contribution >= 0.6 is 15.9 Å². The third-order valence-electron chi connectivity index (χ3n) is 4.51. The van der Waals surface area contributed by atoms with E-state index in [1.807, 2.05) is 6.20 Å². The molecule has 2 heterocycles. The Labute approximate surface area is 117 Å². The molecule has 0 aromatic carbocycles. The standard InChI is InChI=1S/C14H20BrN3/c15-12-7-17-8-13(16)14(12)18-6-5-10-3-1-2-4-11(10)9-18/h7-8,10-11H,1-6,9,16H2. The average Bonchev–Trinajstić information content (AvgIpc) is 2.38. The molecule has 18 heavy (non-hydrogen) atoms. The van der Waals surface area contributed by atoms with Crippen LogP contribution in [0.3, 0.4) is 0 Å². The molecule has 0 amide bonds. The van der Waals surface area contributed by atoms with Gasteiger partial charge in [0.05, 0.1) is 22.0 Å². The highest BCUT2D eigenvalue weighted by atomic mass is 79.9. The van der Waals surface area contributed by atoms with Gasteiger partial charge < -0.3 is 10.6 Å².